The Morgan fingerprint density at radius 3 is 2.06 bits per heavy atom. The van der Waals surface area contributed by atoms with Crippen molar-refractivity contribution in [3.05, 3.63) is 102 Å². The van der Waals surface area contributed by atoms with Crippen molar-refractivity contribution < 1.29 is 18.1 Å². The van der Waals surface area contributed by atoms with Crippen molar-refractivity contribution in [3.63, 3.8) is 0 Å². The van der Waals surface area contributed by atoms with Crippen LogP contribution in [0.5, 0.6) is 17.2 Å². The van der Waals surface area contributed by atoms with Gasteiger partial charge in [-0.25, -0.2) is 0 Å². The maximum Gasteiger partial charge on any atom is 0.647 e. The number of fused-ring (bicyclic) bond motifs is 1. The maximum absolute atomic E-state index is 13.9. The summed E-state index contributed by atoms with van der Waals surface area (Å²) in [5, 5.41) is 1.80. The minimum absolute atomic E-state index is 0.000252. The van der Waals surface area contributed by atoms with E-state index in [9.17, 15) is 4.57 Å². The normalized spacial score (nSPS) is 13.4. The fourth-order valence-electron chi connectivity index (χ4n) is 3.40. The first-order valence-electron chi connectivity index (χ1n) is 10.6. The van der Waals surface area contributed by atoms with Gasteiger partial charge in [-0.05, 0) is 59.2 Å². The second-order valence-electron chi connectivity index (χ2n) is 8.79. The molecule has 0 aliphatic heterocycles. The monoisotopic (exact) mass is 446 g/mol. The molecule has 0 heterocycles. The Kier molecular flexibility index (Phi) is 5.99. The Morgan fingerprint density at radius 1 is 0.688 bits per heavy atom. The predicted octanol–water partition coefficient (Wildman–Crippen LogP) is 8.09. The van der Waals surface area contributed by atoms with Gasteiger partial charge in [-0.2, -0.15) is 4.57 Å². The van der Waals surface area contributed by atoms with Crippen LogP contribution >= 0.6 is 7.82 Å². The Bertz CT molecular complexity index is 1270. The van der Waals surface area contributed by atoms with Crippen molar-refractivity contribution in [2.45, 2.75) is 33.1 Å². The molecule has 0 fully saturated rings. The third-order valence-corrected chi connectivity index (χ3v) is 6.39. The number of phosphoric acid groups is 1. The minimum atomic E-state index is -4.07. The van der Waals surface area contributed by atoms with E-state index < -0.39 is 7.82 Å². The molecule has 4 aromatic rings. The molecule has 0 aliphatic carbocycles. The summed E-state index contributed by atoms with van der Waals surface area (Å²) >= 11 is 0. The summed E-state index contributed by atoms with van der Waals surface area (Å²) < 4.78 is 31.6. The molecule has 4 rings (SSSR count). The van der Waals surface area contributed by atoms with Crippen LogP contribution in [0.25, 0.3) is 10.8 Å². The minimum Gasteiger partial charge on any atom is -0.386 e. The topological polar surface area (TPSA) is 44.8 Å². The first kappa shape index (κ1) is 22.0. The van der Waals surface area contributed by atoms with Crippen molar-refractivity contribution >= 4 is 18.6 Å². The highest BCUT2D eigenvalue weighted by Crippen LogP contribution is 2.51. The molecule has 1 atom stereocenters. The van der Waals surface area contributed by atoms with Gasteiger partial charge in [0.05, 0.1) is 0 Å². The van der Waals surface area contributed by atoms with Crippen molar-refractivity contribution in [3.8, 4) is 17.2 Å². The summed E-state index contributed by atoms with van der Waals surface area (Å²) in [6.07, 6.45) is 0. The quantitative estimate of drug-likeness (QED) is 0.281. The highest BCUT2D eigenvalue weighted by molar-refractivity contribution is 7.49. The lowest BCUT2D eigenvalue weighted by Crippen LogP contribution is -2.11. The van der Waals surface area contributed by atoms with Gasteiger partial charge >= 0.3 is 7.82 Å². The molecule has 4 aromatic carbocycles. The second kappa shape index (κ2) is 8.72. The molecule has 0 amide bonds. The Morgan fingerprint density at radius 2 is 1.34 bits per heavy atom. The van der Waals surface area contributed by atoms with Gasteiger partial charge in [-0.15, -0.1) is 0 Å². The van der Waals surface area contributed by atoms with E-state index in [0.29, 0.717) is 17.2 Å². The van der Waals surface area contributed by atoms with E-state index in [1.807, 2.05) is 67.6 Å². The molecular formula is C27H27O4P. The number of rotatable bonds is 6. The average Bonchev–Trinajstić information content (AvgIpc) is 2.73. The lowest BCUT2D eigenvalue weighted by molar-refractivity contribution is 0.299. The van der Waals surface area contributed by atoms with Crippen LogP contribution in [-0.2, 0) is 9.98 Å². The number of phosphoric ester groups is 1. The van der Waals surface area contributed by atoms with Crippen LogP contribution in [0.15, 0.2) is 91.0 Å². The Balaban J connectivity index is 1.70. The Hall–Kier alpha value is -3.23. The highest BCUT2D eigenvalue weighted by Gasteiger charge is 2.34. The number of hydrogen-bond donors (Lipinski definition) is 0. The number of hydrogen-bond acceptors (Lipinski definition) is 4. The van der Waals surface area contributed by atoms with Gasteiger partial charge < -0.3 is 13.6 Å². The fraction of sp³-hybridized carbons (Fsp3) is 0.185. The molecule has 0 aliphatic rings. The van der Waals surface area contributed by atoms with Crippen LogP contribution in [0, 0.1) is 6.92 Å². The van der Waals surface area contributed by atoms with Crippen LogP contribution < -0.4 is 13.6 Å². The molecule has 0 spiro atoms. The molecular weight excluding hydrogens is 419 g/mol. The predicted molar refractivity (Wildman–Crippen MR) is 130 cm³/mol. The van der Waals surface area contributed by atoms with Gasteiger partial charge in [0.2, 0.25) is 0 Å². The third kappa shape index (κ3) is 5.15. The lowest BCUT2D eigenvalue weighted by atomic mass is 9.87. The molecule has 0 bridgehead atoms. The summed E-state index contributed by atoms with van der Waals surface area (Å²) in [6, 6.07) is 28.2. The molecule has 164 valence electrons. The first-order chi connectivity index (χ1) is 15.2. The zero-order chi connectivity index (χ0) is 22.8. The van der Waals surface area contributed by atoms with Crippen LogP contribution in [0.4, 0.5) is 0 Å². The van der Waals surface area contributed by atoms with Gasteiger partial charge in [-0.3, -0.25) is 0 Å². The lowest BCUT2D eigenvalue weighted by Gasteiger charge is -2.22. The molecule has 0 radical (unpaired) electrons. The summed E-state index contributed by atoms with van der Waals surface area (Å²) in [5.74, 6) is 1.26. The van der Waals surface area contributed by atoms with Gasteiger partial charge in [0.1, 0.15) is 17.2 Å². The molecule has 0 saturated carbocycles. The second-order valence-corrected chi connectivity index (χ2v) is 10.2. The van der Waals surface area contributed by atoms with E-state index in [4.69, 9.17) is 13.6 Å². The molecule has 0 aromatic heterocycles. The fourth-order valence-corrected chi connectivity index (χ4v) is 4.66. The zero-order valence-corrected chi connectivity index (χ0v) is 19.6. The van der Waals surface area contributed by atoms with Crippen molar-refractivity contribution in [2.24, 2.45) is 0 Å². The van der Waals surface area contributed by atoms with Gasteiger partial charge in [0.15, 0.2) is 0 Å². The summed E-state index contributed by atoms with van der Waals surface area (Å²) in [4.78, 5) is 0. The number of aryl methyl sites for hydroxylation is 1. The van der Waals surface area contributed by atoms with Crippen LogP contribution in [0.2, 0.25) is 0 Å². The van der Waals surface area contributed by atoms with Crippen molar-refractivity contribution in [1.82, 2.24) is 0 Å². The van der Waals surface area contributed by atoms with Crippen LogP contribution in [-0.4, -0.2) is 0 Å². The maximum atomic E-state index is 13.9. The van der Waals surface area contributed by atoms with E-state index in [1.54, 1.807) is 30.3 Å². The Labute approximate surface area is 189 Å². The molecule has 0 saturated heterocycles. The molecule has 5 heteroatoms. The van der Waals surface area contributed by atoms with Crippen molar-refractivity contribution in [2.75, 3.05) is 0 Å². The van der Waals surface area contributed by atoms with E-state index in [1.165, 1.54) is 0 Å². The van der Waals surface area contributed by atoms with Gasteiger partial charge in [0.25, 0.3) is 0 Å². The summed E-state index contributed by atoms with van der Waals surface area (Å²) in [7, 11) is -4.07. The van der Waals surface area contributed by atoms with Crippen LogP contribution in [0.1, 0.15) is 31.9 Å². The van der Waals surface area contributed by atoms with E-state index in [2.05, 4.69) is 20.8 Å². The van der Waals surface area contributed by atoms with E-state index in [0.717, 1.165) is 21.9 Å². The van der Waals surface area contributed by atoms with Crippen LogP contribution in [0.3, 0.4) is 0 Å². The standard InChI is InChI=1S/C27H27O4P/c1-20-9-7-12-24(19-20)30-32(28,29-23-17-15-22(16-18-23)27(2,3)4)31-26-14-8-11-21-10-5-6-13-25(21)26/h5-19H,1-4H3. The summed E-state index contributed by atoms with van der Waals surface area (Å²) in [5.41, 5.74) is 2.13. The first-order valence-corrected chi connectivity index (χ1v) is 12.0. The van der Waals surface area contributed by atoms with Gasteiger partial charge in [0, 0.05) is 5.39 Å². The molecule has 0 N–H and O–H groups in total. The highest BCUT2D eigenvalue weighted by atomic mass is 31.2. The smallest absolute Gasteiger partial charge is 0.386 e. The molecule has 32 heavy (non-hydrogen) atoms. The van der Waals surface area contributed by atoms with E-state index >= 15 is 0 Å². The largest absolute Gasteiger partial charge is 0.647 e. The van der Waals surface area contributed by atoms with Crippen molar-refractivity contribution in [1.29, 1.82) is 0 Å². The van der Waals surface area contributed by atoms with Gasteiger partial charge in [-0.1, -0.05) is 81.4 Å². The molecule has 1 unspecified atom stereocenters. The SMILES string of the molecule is Cc1cccc(OP(=O)(Oc2ccc(C(C)(C)C)cc2)Oc2cccc3ccccc23)c1. The average molecular weight is 446 g/mol. The molecule has 4 nitrogen and oxygen atoms in total. The summed E-state index contributed by atoms with van der Waals surface area (Å²) in [6.45, 7) is 8.35. The third-order valence-electron chi connectivity index (χ3n) is 5.10. The zero-order valence-electron chi connectivity index (χ0n) is 18.7. The van der Waals surface area contributed by atoms with E-state index in [-0.39, 0.29) is 5.41 Å². The number of benzene rings is 4.